The van der Waals surface area contributed by atoms with Gasteiger partial charge in [-0.15, -0.1) is 10.2 Å². The fraction of sp³-hybridized carbons (Fsp3) is 0.250. The molecule has 0 amide bonds. The topological polar surface area (TPSA) is 50.8 Å². The number of hydrogen-bond acceptors (Lipinski definition) is 4. The molecule has 0 spiro atoms. The fourth-order valence-electron chi connectivity index (χ4n) is 3.76. The number of nitrogens with one attached hydrogen (secondary N) is 1. The van der Waals surface area contributed by atoms with Gasteiger partial charge >= 0.3 is 0 Å². The van der Waals surface area contributed by atoms with Crippen molar-refractivity contribution in [3.63, 3.8) is 0 Å². The Hall–Kier alpha value is -2.99. The first-order chi connectivity index (χ1) is 12.9. The molecule has 0 radical (unpaired) electrons. The fourth-order valence-corrected chi connectivity index (χ4v) is 3.76. The van der Waals surface area contributed by atoms with Crippen LogP contribution in [-0.2, 0) is 6.54 Å². The summed E-state index contributed by atoms with van der Waals surface area (Å²) in [6, 6.07) is 18.7. The maximum absolute atomic E-state index is 4.55. The van der Waals surface area contributed by atoms with Crippen LogP contribution in [0.25, 0.3) is 16.6 Å². The maximum Gasteiger partial charge on any atom is 0.193 e. The van der Waals surface area contributed by atoms with Crippen LogP contribution in [0.15, 0.2) is 60.9 Å². The first-order valence-corrected chi connectivity index (χ1v) is 9.09. The van der Waals surface area contributed by atoms with Crippen molar-refractivity contribution in [3.05, 3.63) is 66.7 Å². The van der Waals surface area contributed by atoms with Gasteiger partial charge in [-0.1, -0.05) is 30.3 Å². The van der Waals surface area contributed by atoms with Crippen molar-refractivity contribution < 1.29 is 4.90 Å². The number of aromatic nitrogens is 4. The number of hydrogen-bond donors (Lipinski definition) is 1. The van der Waals surface area contributed by atoms with Crippen LogP contribution in [0.5, 0.6) is 0 Å². The van der Waals surface area contributed by atoms with E-state index in [9.17, 15) is 0 Å². The molecule has 0 aliphatic carbocycles. The molecule has 1 fully saturated rings. The SMILES string of the molecule is c1ccc(N2CC[NH+](Cc3nnc4c5ccccc5ncn34)CC2)cc1. The minimum atomic E-state index is 0.879. The second-order valence-electron chi connectivity index (χ2n) is 6.82. The lowest BCUT2D eigenvalue weighted by atomic mass is 10.2. The van der Waals surface area contributed by atoms with Crippen molar-refractivity contribution in [2.45, 2.75) is 6.54 Å². The van der Waals surface area contributed by atoms with E-state index in [1.807, 2.05) is 28.9 Å². The number of piperazine rings is 1. The van der Waals surface area contributed by atoms with Crippen LogP contribution < -0.4 is 9.80 Å². The third-order valence-electron chi connectivity index (χ3n) is 5.22. The molecular formula is C20H21N6+. The quantitative estimate of drug-likeness (QED) is 0.606. The summed E-state index contributed by atoms with van der Waals surface area (Å²) in [7, 11) is 0. The van der Waals surface area contributed by atoms with E-state index in [2.05, 4.69) is 56.5 Å². The second kappa shape index (κ2) is 6.38. The normalized spacial score (nSPS) is 15.8. The number of para-hydroxylation sites is 2. The zero-order valence-corrected chi connectivity index (χ0v) is 14.5. The third-order valence-corrected chi connectivity index (χ3v) is 5.22. The molecule has 1 saturated heterocycles. The summed E-state index contributed by atoms with van der Waals surface area (Å²) in [6.07, 6.45) is 1.85. The predicted octanol–water partition coefficient (Wildman–Crippen LogP) is 1.18. The van der Waals surface area contributed by atoms with Crippen molar-refractivity contribution in [2.75, 3.05) is 31.1 Å². The summed E-state index contributed by atoms with van der Waals surface area (Å²) in [5.74, 6) is 0.987. The Morgan fingerprint density at radius 3 is 2.50 bits per heavy atom. The average molecular weight is 345 g/mol. The number of benzene rings is 2. The molecule has 1 aliphatic rings. The molecule has 2 aromatic heterocycles. The molecular weight excluding hydrogens is 324 g/mol. The molecule has 1 aliphatic heterocycles. The molecule has 6 nitrogen and oxygen atoms in total. The van der Waals surface area contributed by atoms with Crippen LogP contribution in [0.1, 0.15) is 5.82 Å². The Morgan fingerprint density at radius 2 is 1.65 bits per heavy atom. The van der Waals surface area contributed by atoms with E-state index >= 15 is 0 Å². The van der Waals surface area contributed by atoms with Crippen LogP contribution in [0.2, 0.25) is 0 Å². The highest BCUT2D eigenvalue weighted by atomic mass is 15.3. The van der Waals surface area contributed by atoms with Crippen molar-refractivity contribution in [1.82, 2.24) is 19.6 Å². The monoisotopic (exact) mass is 345 g/mol. The van der Waals surface area contributed by atoms with Gasteiger partial charge in [0.15, 0.2) is 11.5 Å². The molecule has 130 valence electrons. The highest BCUT2D eigenvalue weighted by molar-refractivity contribution is 5.90. The molecule has 1 N–H and O–H groups in total. The van der Waals surface area contributed by atoms with Gasteiger partial charge in [-0.3, -0.25) is 4.40 Å². The zero-order valence-electron chi connectivity index (χ0n) is 14.5. The lowest BCUT2D eigenvalue weighted by Gasteiger charge is -2.33. The van der Waals surface area contributed by atoms with Gasteiger partial charge in [0.05, 0.1) is 31.7 Å². The summed E-state index contributed by atoms with van der Waals surface area (Å²) in [6.45, 7) is 5.22. The Balaban J connectivity index is 1.34. The van der Waals surface area contributed by atoms with Crippen LogP contribution in [-0.4, -0.2) is 45.8 Å². The van der Waals surface area contributed by atoms with E-state index in [1.54, 1.807) is 4.90 Å². The number of quaternary nitrogens is 1. The average Bonchev–Trinajstić information content (AvgIpc) is 3.12. The number of anilines is 1. The number of fused-ring (bicyclic) bond motifs is 3. The molecule has 5 rings (SSSR count). The lowest BCUT2D eigenvalue weighted by Crippen LogP contribution is -3.13. The summed E-state index contributed by atoms with van der Waals surface area (Å²) in [4.78, 5) is 8.55. The predicted molar refractivity (Wildman–Crippen MR) is 101 cm³/mol. The van der Waals surface area contributed by atoms with Gasteiger partial charge in [0.2, 0.25) is 0 Å². The standard InChI is InChI=1S/C20H20N6/c1-2-6-16(7-3-1)25-12-10-24(11-13-25)14-19-22-23-20-17-8-4-5-9-18(17)21-15-26(19)20/h1-9,15H,10-14H2/p+1. The number of nitrogens with zero attached hydrogens (tertiary/aromatic N) is 5. The molecule has 2 aromatic carbocycles. The van der Waals surface area contributed by atoms with Gasteiger partial charge in [-0.25, -0.2) is 4.98 Å². The number of rotatable bonds is 3. The van der Waals surface area contributed by atoms with Gasteiger partial charge in [-0.05, 0) is 24.3 Å². The summed E-state index contributed by atoms with van der Waals surface area (Å²) in [5, 5.41) is 9.93. The van der Waals surface area contributed by atoms with Gasteiger partial charge in [-0.2, -0.15) is 0 Å². The Bertz CT molecular complexity index is 1030. The molecule has 6 heteroatoms. The molecule has 4 aromatic rings. The van der Waals surface area contributed by atoms with E-state index in [0.717, 1.165) is 55.1 Å². The maximum atomic E-state index is 4.55. The molecule has 0 unspecified atom stereocenters. The van der Waals surface area contributed by atoms with E-state index in [-0.39, 0.29) is 0 Å². The minimum absolute atomic E-state index is 0.879. The summed E-state index contributed by atoms with van der Waals surface area (Å²) >= 11 is 0. The summed E-state index contributed by atoms with van der Waals surface area (Å²) < 4.78 is 2.04. The van der Waals surface area contributed by atoms with Crippen molar-refractivity contribution in [3.8, 4) is 0 Å². The molecule has 0 atom stereocenters. The third kappa shape index (κ3) is 2.68. The van der Waals surface area contributed by atoms with Crippen molar-refractivity contribution in [2.24, 2.45) is 0 Å². The van der Waals surface area contributed by atoms with E-state index in [0.29, 0.717) is 0 Å². The zero-order chi connectivity index (χ0) is 17.3. The van der Waals surface area contributed by atoms with Crippen molar-refractivity contribution >= 4 is 22.2 Å². The molecule has 26 heavy (non-hydrogen) atoms. The highest BCUT2D eigenvalue weighted by Gasteiger charge is 2.22. The first kappa shape index (κ1) is 15.3. The van der Waals surface area contributed by atoms with Gasteiger partial charge in [0.1, 0.15) is 12.9 Å². The first-order valence-electron chi connectivity index (χ1n) is 9.09. The Kier molecular flexibility index (Phi) is 3.75. The molecule has 3 heterocycles. The van der Waals surface area contributed by atoms with Crippen LogP contribution >= 0.6 is 0 Å². The minimum Gasteiger partial charge on any atom is -0.360 e. The van der Waals surface area contributed by atoms with E-state index < -0.39 is 0 Å². The Labute approximate surface area is 151 Å². The molecule has 0 bridgehead atoms. The van der Waals surface area contributed by atoms with Crippen LogP contribution in [0, 0.1) is 0 Å². The van der Waals surface area contributed by atoms with E-state index in [1.165, 1.54) is 5.69 Å². The molecule has 0 saturated carbocycles. The van der Waals surface area contributed by atoms with E-state index in [4.69, 9.17) is 0 Å². The van der Waals surface area contributed by atoms with Gasteiger partial charge < -0.3 is 9.80 Å². The van der Waals surface area contributed by atoms with Crippen molar-refractivity contribution in [1.29, 1.82) is 0 Å². The largest absolute Gasteiger partial charge is 0.360 e. The van der Waals surface area contributed by atoms with Gasteiger partial charge in [0, 0.05) is 11.1 Å². The smallest absolute Gasteiger partial charge is 0.193 e. The summed E-state index contributed by atoms with van der Waals surface area (Å²) in [5.41, 5.74) is 3.17. The van der Waals surface area contributed by atoms with Crippen LogP contribution in [0.3, 0.4) is 0 Å². The van der Waals surface area contributed by atoms with Gasteiger partial charge in [0.25, 0.3) is 0 Å². The highest BCUT2D eigenvalue weighted by Crippen LogP contribution is 2.16. The second-order valence-corrected chi connectivity index (χ2v) is 6.82. The Morgan fingerprint density at radius 1 is 0.885 bits per heavy atom. The lowest BCUT2D eigenvalue weighted by molar-refractivity contribution is -0.915. The van der Waals surface area contributed by atoms with Crippen LogP contribution in [0.4, 0.5) is 5.69 Å².